The number of rotatable bonds is 6. The average molecular weight is 312 g/mol. The quantitative estimate of drug-likeness (QED) is 0.754. The predicted molar refractivity (Wildman–Crippen MR) is 79.6 cm³/mol. The van der Waals surface area contributed by atoms with Gasteiger partial charge in [0, 0.05) is 29.7 Å². The van der Waals surface area contributed by atoms with Crippen molar-refractivity contribution in [1.82, 2.24) is 9.97 Å². The number of anilines is 1. The first-order valence-corrected chi connectivity index (χ1v) is 8.12. The van der Waals surface area contributed by atoms with Crippen LogP contribution in [-0.4, -0.2) is 28.4 Å². The Morgan fingerprint density at radius 1 is 1.22 bits per heavy atom. The van der Waals surface area contributed by atoms with Gasteiger partial charge in [-0.05, 0) is 32.1 Å². The van der Waals surface area contributed by atoms with Crippen molar-refractivity contribution in [1.29, 1.82) is 0 Å². The van der Waals surface area contributed by atoms with Crippen LogP contribution >= 0.6 is 15.9 Å². The summed E-state index contributed by atoms with van der Waals surface area (Å²) < 4.78 is 0. The van der Waals surface area contributed by atoms with Gasteiger partial charge < -0.3 is 4.90 Å². The van der Waals surface area contributed by atoms with Crippen molar-refractivity contribution in [3.63, 3.8) is 0 Å². The number of hydrogen-bond donors (Lipinski definition) is 0. The van der Waals surface area contributed by atoms with Crippen molar-refractivity contribution < 1.29 is 0 Å². The number of aryl methyl sites for hydroxylation is 1. The molecule has 100 valence electrons. The van der Waals surface area contributed by atoms with Crippen molar-refractivity contribution in [2.45, 2.75) is 45.4 Å². The van der Waals surface area contributed by atoms with Gasteiger partial charge in [-0.2, -0.15) is 0 Å². The summed E-state index contributed by atoms with van der Waals surface area (Å²) in [6.45, 7) is 4.37. The van der Waals surface area contributed by atoms with Gasteiger partial charge in [-0.1, -0.05) is 29.3 Å². The summed E-state index contributed by atoms with van der Waals surface area (Å²) in [6.07, 6.45) is 9.03. The Labute approximate surface area is 118 Å². The maximum absolute atomic E-state index is 4.56. The van der Waals surface area contributed by atoms with Crippen LogP contribution in [0.2, 0.25) is 0 Å². The lowest BCUT2D eigenvalue weighted by Crippen LogP contribution is -2.29. The zero-order valence-corrected chi connectivity index (χ0v) is 12.7. The summed E-state index contributed by atoms with van der Waals surface area (Å²) >= 11 is 3.55. The molecule has 1 aromatic heterocycles. The number of alkyl halides is 1. The molecule has 0 N–H and O–H groups in total. The molecule has 18 heavy (non-hydrogen) atoms. The first kappa shape index (κ1) is 13.8. The van der Waals surface area contributed by atoms with Crippen molar-refractivity contribution in [3.05, 3.63) is 17.6 Å². The first-order valence-electron chi connectivity index (χ1n) is 7.00. The third-order valence-electron chi connectivity index (χ3n) is 3.54. The molecule has 0 unspecified atom stereocenters. The molecule has 1 heterocycles. The van der Waals surface area contributed by atoms with Gasteiger partial charge in [0.1, 0.15) is 12.1 Å². The monoisotopic (exact) mass is 311 g/mol. The highest BCUT2D eigenvalue weighted by Crippen LogP contribution is 2.27. The highest BCUT2D eigenvalue weighted by atomic mass is 79.9. The van der Waals surface area contributed by atoms with Crippen LogP contribution in [0.5, 0.6) is 0 Å². The fourth-order valence-corrected chi connectivity index (χ4v) is 2.98. The van der Waals surface area contributed by atoms with Gasteiger partial charge in [-0.15, -0.1) is 0 Å². The van der Waals surface area contributed by atoms with Crippen LogP contribution in [-0.2, 0) is 12.8 Å². The molecule has 0 saturated carbocycles. The minimum Gasteiger partial charge on any atom is -0.355 e. The van der Waals surface area contributed by atoms with Crippen molar-refractivity contribution >= 4 is 21.7 Å². The number of unbranched alkanes of at least 4 members (excludes halogenated alkanes) is 1. The van der Waals surface area contributed by atoms with E-state index in [1.165, 1.54) is 42.8 Å². The number of aromatic nitrogens is 2. The number of fused-ring (bicyclic) bond motifs is 1. The smallest absolute Gasteiger partial charge is 0.135 e. The summed E-state index contributed by atoms with van der Waals surface area (Å²) in [5.41, 5.74) is 2.68. The second-order valence-electron chi connectivity index (χ2n) is 4.86. The first-order chi connectivity index (χ1) is 8.86. The fourth-order valence-electron chi connectivity index (χ4n) is 2.55. The molecule has 4 heteroatoms. The van der Waals surface area contributed by atoms with E-state index in [-0.39, 0.29) is 0 Å². The largest absolute Gasteiger partial charge is 0.355 e. The van der Waals surface area contributed by atoms with Gasteiger partial charge in [-0.3, -0.25) is 0 Å². The van der Waals surface area contributed by atoms with Crippen LogP contribution in [0.25, 0.3) is 0 Å². The van der Waals surface area contributed by atoms with E-state index in [4.69, 9.17) is 0 Å². The van der Waals surface area contributed by atoms with E-state index in [1.807, 2.05) is 0 Å². The summed E-state index contributed by atoms with van der Waals surface area (Å²) in [4.78, 5) is 11.4. The van der Waals surface area contributed by atoms with E-state index in [9.17, 15) is 0 Å². The molecule has 0 aromatic carbocycles. The average Bonchev–Trinajstić information content (AvgIpc) is 2.43. The molecule has 1 aromatic rings. The van der Waals surface area contributed by atoms with Gasteiger partial charge in [0.25, 0.3) is 0 Å². The molecule has 0 radical (unpaired) electrons. The van der Waals surface area contributed by atoms with Gasteiger partial charge in [0.15, 0.2) is 0 Å². The zero-order chi connectivity index (χ0) is 12.8. The summed E-state index contributed by atoms with van der Waals surface area (Å²) in [5.74, 6) is 1.19. The van der Waals surface area contributed by atoms with Crippen LogP contribution in [0.3, 0.4) is 0 Å². The maximum atomic E-state index is 4.56. The van der Waals surface area contributed by atoms with Gasteiger partial charge in [-0.25, -0.2) is 9.97 Å². The van der Waals surface area contributed by atoms with E-state index in [2.05, 4.69) is 37.7 Å². The zero-order valence-electron chi connectivity index (χ0n) is 11.2. The van der Waals surface area contributed by atoms with Crippen molar-refractivity contribution in [3.8, 4) is 0 Å². The van der Waals surface area contributed by atoms with E-state index in [0.717, 1.165) is 31.3 Å². The van der Waals surface area contributed by atoms with E-state index >= 15 is 0 Å². The van der Waals surface area contributed by atoms with E-state index < -0.39 is 0 Å². The minimum absolute atomic E-state index is 0.996. The van der Waals surface area contributed by atoms with E-state index in [1.54, 1.807) is 6.33 Å². The van der Waals surface area contributed by atoms with Crippen LogP contribution in [0.15, 0.2) is 6.33 Å². The molecule has 0 saturated heterocycles. The van der Waals surface area contributed by atoms with Crippen LogP contribution < -0.4 is 4.90 Å². The third kappa shape index (κ3) is 3.22. The molecular weight excluding hydrogens is 290 g/mol. The Kier molecular flexibility index (Phi) is 5.42. The lowest BCUT2D eigenvalue weighted by atomic mass is 9.96. The molecule has 0 aliphatic heterocycles. The molecule has 3 nitrogen and oxygen atoms in total. The number of nitrogens with zero attached hydrogens (tertiary/aromatic N) is 3. The van der Waals surface area contributed by atoms with Crippen LogP contribution in [0, 0.1) is 0 Å². The molecule has 0 bridgehead atoms. The highest BCUT2D eigenvalue weighted by Gasteiger charge is 2.19. The van der Waals surface area contributed by atoms with Gasteiger partial charge >= 0.3 is 0 Å². The summed E-state index contributed by atoms with van der Waals surface area (Å²) in [6, 6.07) is 0. The molecule has 1 aliphatic carbocycles. The standard InChI is InChI=1S/C14H22BrN3/c1-2-3-9-18(10-8-15)14-12-6-4-5-7-13(12)16-11-17-14/h11H,2-10H2,1H3. The molecular formula is C14H22BrN3. The van der Waals surface area contributed by atoms with Gasteiger partial charge in [0.2, 0.25) is 0 Å². The molecule has 0 fully saturated rings. The maximum Gasteiger partial charge on any atom is 0.135 e. The van der Waals surface area contributed by atoms with Gasteiger partial charge in [0.05, 0.1) is 0 Å². The molecule has 0 amide bonds. The Morgan fingerprint density at radius 3 is 2.83 bits per heavy atom. The predicted octanol–water partition coefficient (Wildman–Crippen LogP) is 3.36. The lowest BCUT2D eigenvalue weighted by Gasteiger charge is -2.27. The topological polar surface area (TPSA) is 29.0 Å². The summed E-state index contributed by atoms with van der Waals surface area (Å²) in [5, 5.41) is 0.996. The van der Waals surface area contributed by atoms with Crippen LogP contribution in [0.1, 0.15) is 43.9 Å². The highest BCUT2D eigenvalue weighted by molar-refractivity contribution is 9.09. The lowest BCUT2D eigenvalue weighted by molar-refractivity contribution is 0.650. The van der Waals surface area contributed by atoms with E-state index in [0.29, 0.717) is 0 Å². The Morgan fingerprint density at radius 2 is 2.06 bits per heavy atom. The SMILES string of the molecule is CCCCN(CCBr)c1ncnc2c1CCCC2. The number of halogens is 1. The molecule has 0 spiro atoms. The van der Waals surface area contributed by atoms with Crippen molar-refractivity contribution in [2.75, 3.05) is 23.3 Å². The van der Waals surface area contributed by atoms with Crippen LogP contribution in [0.4, 0.5) is 5.82 Å². The molecule has 0 atom stereocenters. The fraction of sp³-hybridized carbons (Fsp3) is 0.714. The molecule has 1 aliphatic rings. The molecule has 2 rings (SSSR count). The normalized spacial score (nSPS) is 14.3. The third-order valence-corrected chi connectivity index (χ3v) is 3.89. The Balaban J connectivity index is 2.22. The second kappa shape index (κ2) is 7.07. The Bertz CT molecular complexity index is 381. The Hall–Kier alpha value is -0.640. The second-order valence-corrected chi connectivity index (χ2v) is 5.65. The van der Waals surface area contributed by atoms with Crippen molar-refractivity contribution in [2.24, 2.45) is 0 Å². The minimum atomic E-state index is 0.996. The number of hydrogen-bond acceptors (Lipinski definition) is 3. The summed E-state index contributed by atoms with van der Waals surface area (Å²) in [7, 11) is 0.